The van der Waals surface area contributed by atoms with Gasteiger partial charge in [0, 0.05) is 12.1 Å². The molecule has 0 amide bonds. The molecule has 0 aromatic carbocycles. The number of sulfone groups is 1. The molecule has 0 bridgehead atoms. The Morgan fingerprint density at radius 1 is 1.20 bits per heavy atom. The zero-order valence-electron chi connectivity index (χ0n) is 9.28. The summed E-state index contributed by atoms with van der Waals surface area (Å²) in [5.41, 5.74) is 0. The average Bonchev–Trinajstić information content (AvgIpc) is 2.59. The molecule has 1 N–H and O–H groups in total. The van der Waals surface area contributed by atoms with Crippen molar-refractivity contribution < 1.29 is 8.42 Å². The summed E-state index contributed by atoms with van der Waals surface area (Å²) in [6.07, 6.45) is 3.13. The summed E-state index contributed by atoms with van der Waals surface area (Å²) < 4.78 is 22.7. The highest BCUT2D eigenvalue weighted by Gasteiger charge is 2.33. The number of rotatable bonds is 2. The van der Waals surface area contributed by atoms with Crippen LogP contribution in [0.25, 0.3) is 0 Å². The van der Waals surface area contributed by atoms with Crippen molar-refractivity contribution in [1.82, 2.24) is 10.2 Å². The molecule has 4 nitrogen and oxygen atoms in total. The second-order valence-corrected chi connectivity index (χ2v) is 6.88. The van der Waals surface area contributed by atoms with Crippen LogP contribution in [0.5, 0.6) is 0 Å². The van der Waals surface area contributed by atoms with Crippen LogP contribution in [0.4, 0.5) is 0 Å². The summed E-state index contributed by atoms with van der Waals surface area (Å²) in [5, 5.41) is 3.29. The second-order valence-electron chi connectivity index (χ2n) is 4.66. The molecule has 15 heavy (non-hydrogen) atoms. The Labute approximate surface area is 91.9 Å². The van der Waals surface area contributed by atoms with Crippen LogP contribution in [0.1, 0.15) is 19.3 Å². The fourth-order valence-corrected chi connectivity index (χ4v) is 4.38. The maximum Gasteiger partial charge on any atom is 0.151 e. The van der Waals surface area contributed by atoms with E-state index in [2.05, 4.69) is 10.2 Å². The minimum Gasteiger partial charge on any atom is -0.317 e. The van der Waals surface area contributed by atoms with E-state index in [1.54, 1.807) is 0 Å². The third-order valence-electron chi connectivity index (χ3n) is 3.66. The van der Waals surface area contributed by atoms with Gasteiger partial charge in [0.2, 0.25) is 0 Å². The maximum atomic E-state index is 11.4. The van der Waals surface area contributed by atoms with Crippen LogP contribution in [-0.4, -0.2) is 57.0 Å². The molecule has 0 saturated carbocycles. The third-order valence-corrected chi connectivity index (χ3v) is 5.41. The summed E-state index contributed by atoms with van der Waals surface area (Å²) in [6.45, 7) is 2.09. The molecule has 2 aliphatic rings. The van der Waals surface area contributed by atoms with Crippen molar-refractivity contribution in [3.05, 3.63) is 0 Å². The van der Waals surface area contributed by atoms with Crippen molar-refractivity contribution in [1.29, 1.82) is 0 Å². The van der Waals surface area contributed by atoms with E-state index in [0.717, 1.165) is 32.4 Å². The molecule has 0 aromatic rings. The summed E-state index contributed by atoms with van der Waals surface area (Å²) in [4.78, 5) is 2.36. The predicted octanol–water partition coefficient (Wildman–Crippen LogP) is -0.143. The van der Waals surface area contributed by atoms with Gasteiger partial charge in [-0.05, 0) is 39.4 Å². The number of hydrogen-bond acceptors (Lipinski definition) is 4. The highest BCUT2D eigenvalue weighted by molar-refractivity contribution is 7.91. The smallest absolute Gasteiger partial charge is 0.151 e. The van der Waals surface area contributed by atoms with Gasteiger partial charge in [-0.15, -0.1) is 0 Å². The first-order valence-corrected chi connectivity index (χ1v) is 7.54. The first-order chi connectivity index (χ1) is 7.11. The number of nitrogens with zero attached hydrogens (tertiary/aromatic N) is 1. The Kier molecular flexibility index (Phi) is 3.33. The lowest BCUT2D eigenvalue weighted by Gasteiger charge is -2.35. The predicted molar refractivity (Wildman–Crippen MR) is 60.7 cm³/mol. The Morgan fingerprint density at radius 2 is 1.87 bits per heavy atom. The lowest BCUT2D eigenvalue weighted by Crippen LogP contribution is -2.46. The van der Waals surface area contributed by atoms with Crippen molar-refractivity contribution in [2.75, 3.05) is 31.6 Å². The fourth-order valence-electron chi connectivity index (χ4n) is 2.62. The van der Waals surface area contributed by atoms with E-state index in [1.165, 1.54) is 0 Å². The largest absolute Gasteiger partial charge is 0.317 e. The normalized spacial score (nSPS) is 33.3. The van der Waals surface area contributed by atoms with Crippen LogP contribution in [-0.2, 0) is 9.84 Å². The van der Waals surface area contributed by atoms with Gasteiger partial charge >= 0.3 is 0 Å². The highest BCUT2D eigenvalue weighted by Crippen LogP contribution is 2.21. The standard InChI is InChI=1S/C10H20N2O2S/c1-11-9-2-5-12(6-3-9)10-4-7-15(13,14)8-10/h9-11H,2-8H2,1H3. The van der Waals surface area contributed by atoms with E-state index in [0.29, 0.717) is 23.6 Å². The lowest BCUT2D eigenvalue weighted by molar-refractivity contribution is 0.157. The Morgan fingerprint density at radius 3 is 2.33 bits per heavy atom. The Balaban J connectivity index is 1.87. The molecule has 0 aliphatic carbocycles. The van der Waals surface area contributed by atoms with E-state index in [1.807, 2.05) is 7.05 Å². The van der Waals surface area contributed by atoms with E-state index >= 15 is 0 Å². The van der Waals surface area contributed by atoms with Crippen molar-refractivity contribution >= 4 is 9.84 Å². The third kappa shape index (κ3) is 2.71. The first-order valence-electron chi connectivity index (χ1n) is 5.72. The summed E-state index contributed by atoms with van der Waals surface area (Å²) >= 11 is 0. The van der Waals surface area contributed by atoms with Gasteiger partial charge in [0.25, 0.3) is 0 Å². The number of hydrogen-bond donors (Lipinski definition) is 1. The number of piperidine rings is 1. The SMILES string of the molecule is CNC1CCN(C2CCS(=O)(=O)C2)CC1. The molecule has 1 unspecified atom stereocenters. The molecule has 0 radical (unpaired) electrons. The zero-order valence-corrected chi connectivity index (χ0v) is 10.1. The second kappa shape index (κ2) is 4.39. The molecule has 2 heterocycles. The van der Waals surface area contributed by atoms with Gasteiger partial charge in [-0.1, -0.05) is 0 Å². The quantitative estimate of drug-likeness (QED) is 0.720. The van der Waals surface area contributed by atoms with Crippen LogP contribution >= 0.6 is 0 Å². The first kappa shape index (κ1) is 11.4. The maximum absolute atomic E-state index is 11.4. The fraction of sp³-hybridized carbons (Fsp3) is 1.00. The summed E-state index contributed by atoms with van der Waals surface area (Å²) in [5.74, 6) is 0.779. The average molecular weight is 232 g/mol. The Bertz CT molecular complexity index is 307. The molecular weight excluding hydrogens is 212 g/mol. The molecule has 2 fully saturated rings. The molecular formula is C10H20N2O2S. The zero-order chi connectivity index (χ0) is 10.9. The van der Waals surface area contributed by atoms with Gasteiger partial charge < -0.3 is 5.32 Å². The van der Waals surface area contributed by atoms with Gasteiger partial charge in [0.15, 0.2) is 9.84 Å². The van der Waals surface area contributed by atoms with Crippen LogP contribution in [0.15, 0.2) is 0 Å². The molecule has 0 spiro atoms. The van der Waals surface area contributed by atoms with E-state index in [-0.39, 0.29) is 0 Å². The lowest BCUT2D eigenvalue weighted by atomic mass is 10.0. The molecule has 0 aromatic heterocycles. The minimum absolute atomic E-state index is 0.299. The van der Waals surface area contributed by atoms with Gasteiger partial charge in [0.1, 0.15) is 0 Å². The van der Waals surface area contributed by atoms with Crippen molar-refractivity contribution in [3.63, 3.8) is 0 Å². The monoisotopic (exact) mass is 232 g/mol. The molecule has 2 rings (SSSR count). The van der Waals surface area contributed by atoms with E-state index < -0.39 is 9.84 Å². The van der Waals surface area contributed by atoms with Crippen LogP contribution in [0.2, 0.25) is 0 Å². The summed E-state index contributed by atoms with van der Waals surface area (Å²) in [7, 11) is -0.721. The summed E-state index contributed by atoms with van der Waals surface area (Å²) in [6, 6.07) is 0.923. The van der Waals surface area contributed by atoms with Crippen LogP contribution in [0, 0.1) is 0 Å². The van der Waals surface area contributed by atoms with Crippen molar-refractivity contribution in [2.24, 2.45) is 0 Å². The molecule has 88 valence electrons. The van der Waals surface area contributed by atoms with Crippen LogP contribution < -0.4 is 5.32 Å². The topological polar surface area (TPSA) is 49.4 Å². The molecule has 5 heteroatoms. The van der Waals surface area contributed by atoms with Crippen molar-refractivity contribution in [2.45, 2.75) is 31.3 Å². The Hall–Kier alpha value is -0.130. The van der Waals surface area contributed by atoms with Gasteiger partial charge in [0.05, 0.1) is 11.5 Å². The van der Waals surface area contributed by atoms with Crippen molar-refractivity contribution in [3.8, 4) is 0 Å². The minimum atomic E-state index is -2.72. The number of nitrogens with one attached hydrogen (secondary N) is 1. The van der Waals surface area contributed by atoms with E-state index in [9.17, 15) is 8.42 Å². The van der Waals surface area contributed by atoms with E-state index in [4.69, 9.17) is 0 Å². The molecule has 2 saturated heterocycles. The number of likely N-dealkylation sites (tertiary alicyclic amines) is 1. The van der Waals surface area contributed by atoms with Crippen LogP contribution in [0.3, 0.4) is 0 Å². The molecule has 2 aliphatic heterocycles. The highest BCUT2D eigenvalue weighted by atomic mass is 32.2. The van der Waals surface area contributed by atoms with Gasteiger partial charge in [-0.3, -0.25) is 4.90 Å². The van der Waals surface area contributed by atoms with Gasteiger partial charge in [-0.25, -0.2) is 8.42 Å². The van der Waals surface area contributed by atoms with Gasteiger partial charge in [-0.2, -0.15) is 0 Å². The molecule has 1 atom stereocenters.